The maximum absolute atomic E-state index is 12.1. The molecular formula is C14H24BrN3O2. The Morgan fingerprint density at radius 1 is 1.40 bits per heavy atom. The molecule has 0 saturated heterocycles. The summed E-state index contributed by atoms with van der Waals surface area (Å²) >= 11 is 3.32. The second-order valence-electron chi connectivity index (χ2n) is 5.04. The van der Waals surface area contributed by atoms with Crippen LogP contribution >= 0.6 is 15.9 Å². The Morgan fingerprint density at radius 2 is 2.05 bits per heavy atom. The molecule has 0 saturated carbocycles. The first-order valence-corrected chi connectivity index (χ1v) is 7.98. The van der Waals surface area contributed by atoms with Crippen molar-refractivity contribution in [2.75, 3.05) is 11.9 Å². The van der Waals surface area contributed by atoms with Gasteiger partial charge in [-0.2, -0.15) is 5.10 Å². The molecule has 0 aliphatic rings. The van der Waals surface area contributed by atoms with Gasteiger partial charge in [0.25, 0.3) is 5.56 Å². The fourth-order valence-corrected chi connectivity index (χ4v) is 2.26. The molecule has 0 aliphatic heterocycles. The summed E-state index contributed by atoms with van der Waals surface area (Å²) in [6.07, 6.45) is 4.90. The zero-order valence-electron chi connectivity index (χ0n) is 12.4. The van der Waals surface area contributed by atoms with E-state index in [4.69, 9.17) is 0 Å². The first-order chi connectivity index (χ1) is 9.47. The molecular weight excluding hydrogens is 322 g/mol. The van der Waals surface area contributed by atoms with E-state index in [-0.39, 0.29) is 5.56 Å². The van der Waals surface area contributed by atoms with Crippen LogP contribution in [0.25, 0.3) is 0 Å². The van der Waals surface area contributed by atoms with Gasteiger partial charge in [0.05, 0.1) is 17.5 Å². The van der Waals surface area contributed by atoms with Crippen molar-refractivity contribution in [2.24, 2.45) is 0 Å². The number of aromatic nitrogens is 2. The normalized spacial score (nSPS) is 11.7. The van der Waals surface area contributed by atoms with Gasteiger partial charge in [-0.25, -0.2) is 4.68 Å². The highest BCUT2D eigenvalue weighted by molar-refractivity contribution is 9.10. The monoisotopic (exact) mass is 345 g/mol. The summed E-state index contributed by atoms with van der Waals surface area (Å²) in [6.45, 7) is 7.00. The third kappa shape index (κ3) is 4.31. The summed E-state index contributed by atoms with van der Waals surface area (Å²) in [5, 5.41) is 17.5. The van der Waals surface area contributed by atoms with Gasteiger partial charge in [-0.05, 0) is 35.2 Å². The molecule has 1 heterocycles. The average molecular weight is 346 g/mol. The van der Waals surface area contributed by atoms with Gasteiger partial charge in [0.15, 0.2) is 0 Å². The number of nitrogens with one attached hydrogen (secondary N) is 1. The summed E-state index contributed by atoms with van der Waals surface area (Å²) in [5.41, 5.74) is -0.265. The molecule has 0 aliphatic carbocycles. The zero-order chi connectivity index (χ0) is 15.2. The van der Waals surface area contributed by atoms with Crippen LogP contribution in [-0.4, -0.2) is 27.0 Å². The predicted octanol–water partition coefficient (Wildman–Crippen LogP) is 2.77. The standard InChI is InChI=1S/C14H24BrN3O2/c1-4-7-8-18-13(19)12(15)11(9-17-18)16-10-14(20,5-2)6-3/h9,16,20H,4-8,10H2,1-3H3. The lowest BCUT2D eigenvalue weighted by atomic mass is 9.97. The van der Waals surface area contributed by atoms with Gasteiger partial charge >= 0.3 is 0 Å². The van der Waals surface area contributed by atoms with E-state index in [2.05, 4.69) is 33.3 Å². The number of nitrogens with zero attached hydrogens (tertiary/aromatic N) is 2. The molecule has 20 heavy (non-hydrogen) atoms. The molecule has 2 N–H and O–H groups in total. The highest BCUT2D eigenvalue weighted by Crippen LogP contribution is 2.20. The second-order valence-corrected chi connectivity index (χ2v) is 5.83. The summed E-state index contributed by atoms with van der Waals surface area (Å²) < 4.78 is 1.93. The first kappa shape index (κ1) is 17.2. The van der Waals surface area contributed by atoms with Crippen LogP contribution in [0.15, 0.2) is 15.5 Å². The molecule has 0 aromatic carbocycles. The van der Waals surface area contributed by atoms with Crippen molar-refractivity contribution in [3.05, 3.63) is 21.0 Å². The Labute approximate surface area is 128 Å². The molecule has 0 bridgehead atoms. The van der Waals surface area contributed by atoms with Gasteiger partial charge in [-0.3, -0.25) is 4.79 Å². The smallest absolute Gasteiger partial charge is 0.283 e. The van der Waals surface area contributed by atoms with E-state index >= 15 is 0 Å². The van der Waals surface area contributed by atoms with E-state index in [0.717, 1.165) is 12.8 Å². The van der Waals surface area contributed by atoms with Crippen molar-refractivity contribution in [3.8, 4) is 0 Å². The third-order valence-corrected chi connectivity index (χ3v) is 4.40. The van der Waals surface area contributed by atoms with Crippen molar-refractivity contribution in [2.45, 2.75) is 58.6 Å². The largest absolute Gasteiger partial charge is 0.388 e. The molecule has 0 spiro atoms. The van der Waals surface area contributed by atoms with E-state index in [0.29, 0.717) is 36.1 Å². The van der Waals surface area contributed by atoms with Crippen molar-refractivity contribution < 1.29 is 5.11 Å². The van der Waals surface area contributed by atoms with Crippen LogP contribution in [0.4, 0.5) is 5.69 Å². The van der Waals surface area contributed by atoms with Crippen molar-refractivity contribution >= 4 is 21.6 Å². The number of halogens is 1. The summed E-state index contributed by atoms with van der Waals surface area (Å²) in [5.74, 6) is 0. The van der Waals surface area contributed by atoms with Crippen LogP contribution < -0.4 is 10.9 Å². The number of unbranched alkanes of at least 4 members (excludes halogenated alkanes) is 1. The van der Waals surface area contributed by atoms with E-state index in [9.17, 15) is 9.90 Å². The van der Waals surface area contributed by atoms with Gasteiger partial charge < -0.3 is 10.4 Å². The fraction of sp³-hybridized carbons (Fsp3) is 0.714. The van der Waals surface area contributed by atoms with Gasteiger partial charge in [0.1, 0.15) is 4.47 Å². The minimum atomic E-state index is -0.753. The van der Waals surface area contributed by atoms with Crippen LogP contribution in [0.1, 0.15) is 46.5 Å². The minimum absolute atomic E-state index is 0.139. The Hall–Kier alpha value is -0.880. The second kappa shape index (κ2) is 7.78. The maximum Gasteiger partial charge on any atom is 0.283 e. The SMILES string of the molecule is CCCCn1ncc(NCC(O)(CC)CC)c(Br)c1=O. The quantitative estimate of drug-likeness (QED) is 0.760. The lowest BCUT2D eigenvalue weighted by Crippen LogP contribution is -2.36. The van der Waals surface area contributed by atoms with Crippen LogP contribution in [0, 0.1) is 0 Å². The lowest BCUT2D eigenvalue weighted by Gasteiger charge is -2.26. The average Bonchev–Trinajstić information content (AvgIpc) is 2.47. The Balaban J connectivity index is 2.83. The third-order valence-electron chi connectivity index (χ3n) is 3.63. The predicted molar refractivity (Wildman–Crippen MR) is 85.1 cm³/mol. The fourth-order valence-electron chi connectivity index (χ4n) is 1.82. The Bertz CT molecular complexity index is 484. The van der Waals surface area contributed by atoms with Crippen LogP contribution in [0.5, 0.6) is 0 Å². The minimum Gasteiger partial charge on any atom is -0.388 e. The van der Waals surface area contributed by atoms with E-state index in [1.165, 1.54) is 4.68 Å². The molecule has 1 aromatic heterocycles. The molecule has 0 amide bonds. The molecule has 6 heteroatoms. The van der Waals surface area contributed by atoms with Gasteiger partial charge in [-0.15, -0.1) is 0 Å². The summed E-state index contributed by atoms with van der Waals surface area (Å²) in [4.78, 5) is 12.1. The van der Waals surface area contributed by atoms with Crippen molar-refractivity contribution in [1.29, 1.82) is 0 Å². The lowest BCUT2D eigenvalue weighted by molar-refractivity contribution is 0.0457. The highest BCUT2D eigenvalue weighted by Gasteiger charge is 2.22. The molecule has 0 radical (unpaired) electrons. The number of hydrogen-bond acceptors (Lipinski definition) is 4. The Morgan fingerprint density at radius 3 is 2.60 bits per heavy atom. The van der Waals surface area contributed by atoms with Crippen LogP contribution in [-0.2, 0) is 6.54 Å². The highest BCUT2D eigenvalue weighted by atomic mass is 79.9. The summed E-state index contributed by atoms with van der Waals surface area (Å²) in [6, 6.07) is 0. The number of anilines is 1. The molecule has 1 rings (SSSR count). The van der Waals surface area contributed by atoms with Gasteiger partial charge in [0.2, 0.25) is 0 Å². The molecule has 0 atom stereocenters. The maximum atomic E-state index is 12.1. The first-order valence-electron chi connectivity index (χ1n) is 7.19. The zero-order valence-corrected chi connectivity index (χ0v) is 14.0. The number of hydrogen-bond donors (Lipinski definition) is 2. The van der Waals surface area contributed by atoms with E-state index in [1.807, 2.05) is 13.8 Å². The molecule has 114 valence electrons. The Kier molecular flexibility index (Phi) is 6.68. The number of rotatable bonds is 8. The molecule has 0 fully saturated rings. The van der Waals surface area contributed by atoms with Crippen molar-refractivity contribution in [1.82, 2.24) is 9.78 Å². The van der Waals surface area contributed by atoms with Gasteiger partial charge in [-0.1, -0.05) is 27.2 Å². The molecule has 0 unspecified atom stereocenters. The van der Waals surface area contributed by atoms with E-state index in [1.54, 1.807) is 6.20 Å². The number of aryl methyl sites for hydroxylation is 1. The number of aliphatic hydroxyl groups is 1. The van der Waals surface area contributed by atoms with Gasteiger partial charge in [0, 0.05) is 13.1 Å². The topological polar surface area (TPSA) is 67.2 Å². The molecule has 5 nitrogen and oxygen atoms in total. The molecule has 1 aromatic rings. The summed E-state index contributed by atoms with van der Waals surface area (Å²) in [7, 11) is 0. The van der Waals surface area contributed by atoms with E-state index < -0.39 is 5.60 Å². The van der Waals surface area contributed by atoms with Crippen LogP contribution in [0.3, 0.4) is 0 Å². The van der Waals surface area contributed by atoms with Crippen molar-refractivity contribution in [3.63, 3.8) is 0 Å². The van der Waals surface area contributed by atoms with Crippen LogP contribution in [0.2, 0.25) is 0 Å².